The Balaban J connectivity index is 2.40. The summed E-state index contributed by atoms with van der Waals surface area (Å²) in [4.78, 5) is 0. The summed E-state index contributed by atoms with van der Waals surface area (Å²) >= 11 is 9.60. The average Bonchev–Trinajstić information content (AvgIpc) is 2.39. The summed E-state index contributed by atoms with van der Waals surface area (Å²) < 4.78 is 1.10. The van der Waals surface area contributed by atoms with Crippen LogP contribution in [0.3, 0.4) is 0 Å². The lowest BCUT2D eigenvalue weighted by molar-refractivity contribution is 0.496. The van der Waals surface area contributed by atoms with Crippen LogP contribution in [0.15, 0.2) is 22.7 Å². The maximum absolute atomic E-state index is 5.99. The van der Waals surface area contributed by atoms with Crippen molar-refractivity contribution in [1.82, 2.24) is 5.32 Å². The van der Waals surface area contributed by atoms with Crippen LogP contribution in [0.1, 0.15) is 63.5 Å². The summed E-state index contributed by atoms with van der Waals surface area (Å²) in [6.07, 6.45) is 9.24. The number of nitrogens with one attached hydrogen (secondary N) is 1. The highest BCUT2D eigenvalue weighted by atomic mass is 79.9. The van der Waals surface area contributed by atoms with Gasteiger partial charge in [-0.1, -0.05) is 79.0 Å². The van der Waals surface area contributed by atoms with E-state index in [4.69, 9.17) is 11.6 Å². The van der Waals surface area contributed by atoms with Gasteiger partial charge in [-0.3, -0.25) is 0 Å². The molecule has 1 atom stereocenters. The summed E-state index contributed by atoms with van der Waals surface area (Å²) in [6.45, 7) is 2.26. The van der Waals surface area contributed by atoms with Gasteiger partial charge in [0, 0.05) is 15.5 Å². The third kappa shape index (κ3) is 6.29. The predicted molar refractivity (Wildman–Crippen MR) is 88.9 cm³/mol. The molecular formula is C16H25BrClN. The fourth-order valence-corrected chi connectivity index (χ4v) is 3.33. The third-order valence-electron chi connectivity index (χ3n) is 3.53. The van der Waals surface area contributed by atoms with E-state index < -0.39 is 0 Å². The van der Waals surface area contributed by atoms with Crippen molar-refractivity contribution in [3.05, 3.63) is 33.3 Å². The lowest BCUT2D eigenvalue weighted by Crippen LogP contribution is -2.16. The van der Waals surface area contributed by atoms with Crippen molar-refractivity contribution in [2.24, 2.45) is 0 Å². The molecule has 3 heteroatoms. The van der Waals surface area contributed by atoms with E-state index in [1.54, 1.807) is 0 Å². The Morgan fingerprint density at radius 1 is 1.16 bits per heavy atom. The minimum atomic E-state index is 0.415. The Kier molecular flexibility index (Phi) is 8.76. The minimum absolute atomic E-state index is 0.415. The molecule has 0 aliphatic rings. The van der Waals surface area contributed by atoms with E-state index in [-0.39, 0.29) is 0 Å². The van der Waals surface area contributed by atoms with Gasteiger partial charge in [0.1, 0.15) is 0 Å². The second kappa shape index (κ2) is 9.79. The second-order valence-electron chi connectivity index (χ2n) is 5.06. The molecule has 0 saturated heterocycles. The van der Waals surface area contributed by atoms with Crippen molar-refractivity contribution in [2.45, 2.75) is 57.9 Å². The third-order valence-corrected chi connectivity index (χ3v) is 4.45. The van der Waals surface area contributed by atoms with Crippen molar-refractivity contribution in [1.29, 1.82) is 0 Å². The molecule has 0 fully saturated rings. The molecular weight excluding hydrogens is 322 g/mol. The van der Waals surface area contributed by atoms with E-state index in [1.165, 1.54) is 50.5 Å². The Bertz CT molecular complexity index is 368. The van der Waals surface area contributed by atoms with E-state index in [2.05, 4.69) is 34.2 Å². The summed E-state index contributed by atoms with van der Waals surface area (Å²) in [6, 6.07) is 6.47. The van der Waals surface area contributed by atoms with Crippen molar-refractivity contribution < 1.29 is 0 Å². The first kappa shape index (κ1) is 17.0. The average molecular weight is 347 g/mol. The van der Waals surface area contributed by atoms with Crippen molar-refractivity contribution >= 4 is 27.5 Å². The molecule has 1 nitrogen and oxygen atoms in total. The van der Waals surface area contributed by atoms with E-state index in [0.29, 0.717) is 6.04 Å². The number of benzene rings is 1. The van der Waals surface area contributed by atoms with Crippen LogP contribution in [-0.2, 0) is 0 Å². The molecule has 0 radical (unpaired) electrons. The highest BCUT2D eigenvalue weighted by Crippen LogP contribution is 2.29. The first-order valence-corrected chi connectivity index (χ1v) is 8.48. The quantitative estimate of drug-likeness (QED) is 0.532. The molecule has 0 aliphatic heterocycles. The summed E-state index contributed by atoms with van der Waals surface area (Å²) in [5.74, 6) is 0. The standard InChI is InChI=1S/C16H25BrClN/c1-3-4-5-6-7-8-9-16(19-2)14-11-10-13(18)12-15(14)17/h10-12,16,19H,3-9H2,1-2H3. The highest BCUT2D eigenvalue weighted by molar-refractivity contribution is 9.10. The summed E-state index contributed by atoms with van der Waals surface area (Å²) in [7, 11) is 2.03. The fraction of sp³-hybridized carbons (Fsp3) is 0.625. The lowest BCUT2D eigenvalue weighted by atomic mass is 10.00. The largest absolute Gasteiger partial charge is 0.313 e. The predicted octanol–water partition coefficient (Wildman–Crippen LogP) is 6.11. The zero-order valence-electron chi connectivity index (χ0n) is 12.0. The molecule has 0 amide bonds. The van der Waals surface area contributed by atoms with Crippen LogP contribution < -0.4 is 5.32 Å². The number of rotatable bonds is 9. The molecule has 0 aliphatic carbocycles. The molecule has 0 bridgehead atoms. The number of unbranched alkanes of at least 4 members (excludes halogenated alkanes) is 5. The summed E-state index contributed by atoms with van der Waals surface area (Å²) in [5, 5.41) is 4.19. The fourth-order valence-electron chi connectivity index (χ4n) is 2.37. The Hall–Kier alpha value is -0.0500. The normalized spacial score (nSPS) is 12.6. The maximum atomic E-state index is 5.99. The Morgan fingerprint density at radius 2 is 1.84 bits per heavy atom. The van der Waals surface area contributed by atoms with Gasteiger partial charge >= 0.3 is 0 Å². The van der Waals surface area contributed by atoms with Gasteiger partial charge in [-0.2, -0.15) is 0 Å². The van der Waals surface area contributed by atoms with Gasteiger partial charge in [-0.25, -0.2) is 0 Å². The van der Waals surface area contributed by atoms with Crippen LogP contribution in [0, 0.1) is 0 Å². The van der Waals surface area contributed by atoms with Crippen molar-refractivity contribution in [3.63, 3.8) is 0 Å². The van der Waals surface area contributed by atoms with Crippen molar-refractivity contribution in [2.75, 3.05) is 7.05 Å². The van der Waals surface area contributed by atoms with Gasteiger partial charge in [-0.15, -0.1) is 0 Å². The van der Waals surface area contributed by atoms with Crippen molar-refractivity contribution in [3.8, 4) is 0 Å². The molecule has 1 unspecified atom stereocenters. The lowest BCUT2D eigenvalue weighted by Gasteiger charge is -2.18. The van der Waals surface area contributed by atoms with Crippen LogP contribution >= 0.6 is 27.5 Å². The first-order chi connectivity index (χ1) is 9.19. The molecule has 108 valence electrons. The zero-order chi connectivity index (χ0) is 14.1. The van der Waals surface area contributed by atoms with Crippen LogP contribution in [0.4, 0.5) is 0 Å². The molecule has 1 rings (SSSR count). The molecule has 0 spiro atoms. The Morgan fingerprint density at radius 3 is 2.47 bits per heavy atom. The minimum Gasteiger partial charge on any atom is -0.313 e. The molecule has 0 aromatic heterocycles. The van der Waals surface area contributed by atoms with Crippen LogP contribution in [-0.4, -0.2) is 7.05 Å². The SMILES string of the molecule is CCCCCCCCC(NC)c1ccc(Cl)cc1Br. The monoisotopic (exact) mass is 345 g/mol. The number of hydrogen-bond acceptors (Lipinski definition) is 1. The number of halogens is 2. The van der Waals surface area contributed by atoms with Gasteiger partial charge < -0.3 is 5.32 Å². The summed E-state index contributed by atoms with van der Waals surface area (Å²) in [5.41, 5.74) is 1.31. The molecule has 1 N–H and O–H groups in total. The topological polar surface area (TPSA) is 12.0 Å². The second-order valence-corrected chi connectivity index (χ2v) is 6.35. The first-order valence-electron chi connectivity index (χ1n) is 7.31. The van der Waals surface area contributed by atoms with Gasteiger partial charge in [-0.05, 0) is 31.2 Å². The van der Waals surface area contributed by atoms with E-state index in [0.717, 1.165) is 9.50 Å². The number of hydrogen-bond donors (Lipinski definition) is 1. The highest BCUT2D eigenvalue weighted by Gasteiger charge is 2.12. The van der Waals surface area contributed by atoms with E-state index in [1.807, 2.05) is 19.2 Å². The van der Waals surface area contributed by atoms with Gasteiger partial charge in [0.25, 0.3) is 0 Å². The maximum Gasteiger partial charge on any atom is 0.0417 e. The van der Waals surface area contributed by atoms with Crippen LogP contribution in [0.5, 0.6) is 0 Å². The van der Waals surface area contributed by atoms with E-state index >= 15 is 0 Å². The molecule has 0 heterocycles. The molecule has 1 aromatic carbocycles. The van der Waals surface area contributed by atoms with Gasteiger partial charge in [0.05, 0.1) is 0 Å². The van der Waals surface area contributed by atoms with Crippen LogP contribution in [0.2, 0.25) is 5.02 Å². The van der Waals surface area contributed by atoms with Gasteiger partial charge in [0.15, 0.2) is 0 Å². The van der Waals surface area contributed by atoms with Gasteiger partial charge in [0.2, 0.25) is 0 Å². The molecule has 0 saturated carbocycles. The Labute approximate surface area is 131 Å². The molecule has 1 aromatic rings. The van der Waals surface area contributed by atoms with Crippen LogP contribution in [0.25, 0.3) is 0 Å². The molecule has 19 heavy (non-hydrogen) atoms. The van der Waals surface area contributed by atoms with E-state index in [9.17, 15) is 0 Å². The zero-order valence-corrected chi connectivity index (χ0v) is 14.4. The smallest absolute Gasteiger partial charge is 0.0417 e.